The predicted molar refractivity (Wildman–Crippen MR) is 122 cm³/mol. The first-order chi connectivity index (χ1) is 15.5. The number of methoxy groups -OCH3 is 1. The van der Waals surface area contributed by atoms with Crippen LogP contribution in [-0.2, 0) is 11.3 Å². The highest BCUT2D eigenvalue weighted by molar-refractivity contribution is 5.91. The number of amides is 1. The van der Waals surface area contributed by atoms with Crippen LogP contribution in [-0.4, -0.2) is 64.7 Å². The van der Waals surface area contributed by atoms with Crippen LogP contribution in [0, 0.1) is 0 Å². The van der Waals surface area contributed by atoms with Gasteiger partial charge in [-0.15, -0.1) is 0 Å². The summed E-state index contributed by atoms with van der Waals surface area (Å²) in [4.78, 5) is 35.2. The first-order valence-corrected chi connectivity index (χ1v) is 11.1. The van der Waals surface area contributed by atoms with E-state index in [4.69, 9.17) is 14.1 Å². The molecular weight excluding hydrogens is 408 g/mol. The van der Waals surface area contributed by atoms with E-state index in [1.807, 2.05) is 36.1 Å². The molecule has 0 N–H and O–H groups in total. The predicted octanol–water partition coefficient (Wildman–Crippen LogP) is 2.93. The average Bonchev–Trinajstić information content (AvgIpc) is 3.34. The van der Waals surface area contributed by atoms with Crippen molar-refractivity contribution in [1.82, 2.24) is 19.4 Å². The number of fused-ring (bicyclic) bond motifs is 1. The number of rotatable bonds is 7. The van der Waals surface area contributed by atoms with Crippen LogP contribution in [0.25, 0.3) is 10.9 Å². The van der Waals surface area contributed by atoms with Crippen molar-refractivity contribution >= 4 is 16.8 Å². The van der Waals surface area contributed by atoms with Crippen LogP contribution in [0.5, 0.6) is 0 Å². The van der Waals surface area contributed by atoms with Gasteiger partial charge in [0.1, 0.15) is 5.82 Å². The Bertz CT molecular complexity index is 1120. The van der Waals surface area contributed by atoms with Gasteiger partial charge in [-0.3, -0.25) is 19.1 Å². The molecule has 0 radical (unpaired) electrons. The summed E-state index contributed by atoms with van der Waals surface area (Å²) < 4.78 is 12.3. The van der Waals surface area contributed by atoms with Crippen molar-refractivity contribution < 1.29 is 13.9 Å². The number of benzene rings is 1. The van der Waals surface area contributed by atoms with Gasteiger partial charge in [0.05, 0.1) is 36.4 Å². The van der Waals surface area contributed by atoms with E-state index in [0.717, 1.165) is 12.2 Å². The van der Waals surface area contributed by atoms with Gasteiger partial charge in [0.15, 0.2) is 5.76 Å². The van der Waals surface area contributed by atoms with E-state index in [1.165, 1.54) is 6.26 Å². The van der Waals surface area contributed by atoms with E-state index < -0.39 is 0 Å². The highest BCUT2D eigenvalue weighted by Crippen LogP contribution is 2.27. The fraction of sp³-hybridized carbons (Fsp3) is 0.458. The maximum absolute atomic E-state index is 13.3. The van der Waals surface area contributed by atoms with Crippen molar-refractivity contribution in [2.45, 2.75) is 38.9 Å². The summed E-state index contributed by atoms with van der Waals surface area (Å²) in [6.07, 6.45) is 2.32. The topological polar surface area (TPSA) is 80.8 Å². The molecule has 32 heavy (non-hydrogen) atoms. The van der Waals surface area contributed by atoms with Crippen LogP contribution < -0.4 is 5.56 Å². The second kappa shape index (κ2) is 9.67. The fourth-order valence-corrected chi connectivity index (χ4v) is 4.55. The Hall–Kier alpha value is -2.97. The van der Waals surface area contributed by atoms with Gasteiger partial charge in [0.25, 0.3) is 11.5 Å². The van der Waals surface area contributed by atoms with Gasteiger partial charge < -0.3 is 14.1 Å². The van der Waals surface area contributed by atoms with E-state index in [1.54, 1.807) is 23.8 Å². The lowest BCUT2D eigenvalue weighted by atomic mass is 10.1. The molecule has 0 aliphatic carbocycles. The number of carbonyl (C=O) groups excluding carboxylic acids is 1. The number of hydrogen-bond donors (Lipinski definition) is 0. The monoisotopic (exact) mass is 438 g/mol. The van der Waals surface area contributed by atoms with Crippen LogP contribution in [0.2, 0.25) is 0 Å². The molecule has 1 aliphatic rings. The molecular formula is C24H30N4O4. The van der Waals surface area contributed by atoms with Crippen LogP contribution >= 0.6 is 0 Å². The highest BCUT2D eigenvalue weighted by Gasteiger charge is 2.34. The average molecular weight is 439 g/mol. The van der Waals surface area contributed by atoms with Gasteiger partial charge >= 0.3 is 0 Å². The third-order valence-corrected chi connectivity index (χ3v) is 6.19. The van der Waals surface area contributed by atoms with Gasteiger partial charge in [0, 0.05) is 32.8 Å². The molecule has 2 aromatic heterocycles. The number of piperazine rings is 1. The Morgan fingerprint density at radius 1 is 1.25 bits per heavy atom. The summed E-state index contributed by atoms with van der Waals surface area (Å²) in [5, 5.41) is 0.615. The second-order valence-electron chi connectivity index (χ2n) is 8.18. The Balaban J connectivity index is 1.64. The second-order valence-corrected chi connectivity index (χ2v) is 8.18. The molecule has 8 heteroatoms. The molecule has 2 unspecified atom stereocenters. The molecule has 0 saturated carbocycles. The maximum atomic E-state index is 13.3. The zero-order chi connectivity index (χ0) is 22.7. The maximum Gasteiger partial charge on any atom is 0.289 e. The molecule has 2 atom stereocenters. The summed E-state index contributed by atoms with van der Waals surface area (Å²) in [5.41, 5.74) is 0.667. The van der Waals surface area contributed by atoms with E-state index in [-0.39, 0.29) is 23.6 Å². The fourth-order valence-electron chi connectivity index (χ4n) is 4.55. The first kappa shape index (κ1) is 22.2. The molecule has 3 aromatic rings. The summed E-state index contributed by atoms with van der Waals surface area (Å²) in [7, 11) is 1.63. The molecule has 1 amide bonds. The molecule has 4 rings (SSSR count). The molecule has 0 spiro atoms. The zero-order valence-electron chi connectivity index (χ0n) is 18.9. The summed E-state index contributed by atoms with van der Waals surface area (Å²) in [6, 6.07) is 10.9. The SMILES string of the molecule is CCC(c1nc2ccccc2c(=O)n1CCOC)N1CCN(C(=O)c2ccco2)C(C)C1. The van der Waals surface area contributed by atoms with Crippen LogP contribution in [0.15, 0.2) is 51.9 Å². The Morgan fingerprint density at radius 2 is 2.06 bits per heavy atom. The van der Waals surface area contributed by atoms with Gasteiger partial charge in [-0.1, -0.05) is 19.1 Å². The standard InChI is InChI=1S/C24H30N4O4/c1-4-20(26-11-12-27(17(2)16-26)24(30)21-10-7-14-32-21)22-25-19-9-6-5-8-18(19)23(29)28(22)13-15-31-3/h5-10,14,17,20H,4,11-13,15-16H2,1-3H3. The number of hydrogen-bond acceptors (Lipinski definition) is 6. The molecule has 1 saturated heterocycles. The van der Waals surface area contributed by atoms with E-state index >= 15 is 0 Å². The summed E-state index contributed by atoms with van der Waals surface area (Å²) in [5.74, 6) is 1.03. The number of ether oxygens (including phenoxy) is 1. The van der Waals surface area contributed by atoms with Crippen molar-refractivity contribution in [3.63, 3.8) is 0 Å². The number of nitrogens with zero attached hydrogens (tertiary/aromatic N) is 4. The minimum absolute atomic E-state index is 0.00926. The van der Waals surface area contributed by atoms with Gasteiger partial charge in [-0.25, -0.2) is 4.98 Å². The van der Waals surface area contributed by atoms with E-state index in [9.17, 15) is 9.59 Å². The van der Waals surface area contributed by atoms with Gasteiger partial charge in [-0.05, 0) is 37.6 Å². The van der Waals surface area contributed by atoms with Crippen LogP contribution in [0.4, 0.5) is 0 Å². The quantitative estimate of drug-likeness (QED) is 0.564. The highest BCUT2D eigenvalue weighted by atomic mass is 16.5. The Kier molecular flexibility index (Phi) is 6.72. The van der Waals surface area contributed by atoms with Crippen molar-refractivity contribution in [1.29, 1.82) is 0 Å². The Labute approximate surface area is 187 Å². The lowest BCUT2D eigenvalue weighted by Crippen LogP contribution is -2.55. The third-order valence-electron chi connectivity index (χ3n) is 6.19. The first-order valence-electron chi connectivity index (χ1n) is 11.1. The van der Waals surface area contributed by atoms with Gasteiger partial charge in [0.2, 0.25) is 0 Å². The van der Waals surface area contributed by atoms with Crippen molar-refractivity contribution in [2.24, 2.45) is 0 Å². The van der Waals surface area contributed by atoms with Crippen LogP contribution in [0.1, 0.15) is 42.7 Å². The number of aromatic nitrogens is 2. The lowest BCUT2D eigenvalue weighted by Gasteiger charge is -2.43. The molecule has 8 nitrogen and oxygen atoms in total. The van der Waals surface area contributed by atoms with Gasteiger partial charge in [-0.2, -0.15) is 0 Å². The summed E-state index contributed by atoms with van der Waals surface area (Å²) in [6.45, 7) is 7.02. The lowest BCUT2D eigenvalue weighted by molar-refractivity contribution is 0.0334. The van der Waals surface area contributed by atoms with E-state index in [2.05, 4.69) is 11.8 Å². The minimum Gasteiger partial charge on any atom is -0.459 e. The van der Waals surface area contributed by atoms with Crippen molar-refractivity contribution in [3.8, 4) is 0 Å². The Morgan fingerprint density at radius 3 is 2.75 bits per heavy atom. The minimum atomic E-state index is -0.0870. The van der Waals surface area contributed by atoms with Crippen LogP contribution in [0.3, 0.4) is 0 Å². The van der Waals surface area contributed by atoms with Crippen molar-refractivity contribution in [3.05, 3.63) is 64.6 Å². The molecule has 1 aliphatic heterocycles. The number of para-hydroxylation sites is 1. The molecule has 170 valence electrons. The number of carbonyl (C=O) groups is 1. The normalized spacial score (nSPS) is 18.2. The number of furan rings is 1. The summed E-state index contributed by atoms with van der Waals surface area (Å²) >= 11 is 0. The smallest absolute Gasteiger partial charge is 0.289 e. The third kappa shape index (κ3) is 4.20. The van der Waals surface area contributed by atoms with E-state index in [0.29, 0.717) is 49.4 Å². The molecule has 1 fully saturated rings. The largest absolute Gasteiger partial charge is 0.459 e. The molecule has 3 heterocycles. The molecule has 0 bridgehead atoms. The zero-order valence-corrected chi connectivity index (χ0v) is 18.9. The van der Waals surface area contributed by atoms with Crippen molar-refractivity contribution in [2.75, 3.05) is 33.4 Å². The molecule has 1 aromatic carbocycles.